The zero-order valence-electron chi connectivity index (χ0n) is 15.8. The second-order valence-corrected chi connectivity index (χ2v) is 6.76. The molecule has 2 unspecified atom stereocenters. The van der Waals surface area contributed by atoms with Gasteiger partial charge in [0.15, 0.2) is 12.7 Å². The van der Waals surface area contributed by atoms with E-state index in [-0.39, 0.29) is 18.5 Å². The minimum atomic E-state index is -0.709. The lowest BCUT2D eigenvalue weighted by atomic mass is 9.93. The lowest BCUT2D eigenvalue weighted by molar-refractivity contribution is -0.156. The monoisotopic (exact) mass is 348 g/mol. The molecule has 5 nitrogen and oxygen atoms in total. The van der Waals surface area contributed by atoms with Crippen LogP contribution < -0.4 is 0 Å². The summed E-state index contributed by atoms with van der Waals surface area (Å²) >= 11 is 0. The van der Waals surface area contributed by atoms with E-state index in [1.54, 1.807) is 6.92 Å². The topological polar surface area (TPSA) is 61.8 Å². The van der Waals surface area contributed by atoms with Gasteiger partial charge in [-0.05, 0) is 75.8 Å². The van der Waals surface area contributed by atoms with Gasteiger partial charge in [-0.3, -0.25) is 4.79 Å². The van der Waals surface area contributed by atoms with E-state index < -0.39 is 12.1 Å². The number of hydrogen-bond donors (Lipinski definition) is 0. The van der Waals surface area contributed by atoms with Crippen LogP contribution in [0.3, 0.4) is 0 Å². The summed E-state index contributed by atoms with van der Waals surface area (Å²) in [6.07, 6.45) is 1.32. The molecule has 1 saturated heterocycles. The summed E-state index contributed by atoms with van der Waals surface area (Å²) in [5.41, 5.74) is 4.89. The number of aryl methyl sites for hydroxylation is 1. The summed E-state index contributed by atoms with van der Waals surface area (Å²) in [6.45, 7) is 10.4. The summed E-state index contributed by atoms with van der Waals surface area (Å²) in [5, 5.41) is 0. The van der Waals surface area contributed by atoms with Gasteiger partial charge in [0.1, 0.15) is 0 Å². The first-order valence-corrected chi connectivity index (χ1v) is 8.81. The highest BCUT2D eigenvalue weighted by Gasteiger charge is 2.22. The van der Waals surface area contributed by atoms with Gasteiger partial charge in [-0.25, -0.2) is 4.79 Å². The van der Waals surface area contributed by atoms with Crippen LogP contribution in [0.2, 0.25) is 0 Å². The first kappa shape index (κ1) is 19.6. The highest BCUT2D eigenvalue weighted by molar-refractivity contribution is 6.00. The normalized spacial score (nSPS) is 18.2. The van der Waals surface area contributed by atoms with E-state index in [0.29, 0.717) is 12.2 Å². The number of benzene rings is 1. The Balaban J connectivity index is 1.87. The van der Waals surface area contributed by atoms with Crippen molar-refractivity contribution in [3.8, 4) is 0 Å². The van der Waals surface area contributed by atoms with Crippen molar-refractivity contribution < 1.29 is 23.8 Å². The Bertz CT molecular complexity index is 644. The molecule has 0 aromatic heterocycles. The second-order valence-electron chi connectivity index (χ2n) is 6.76. The maximum absolute atomic E-state index is 12.4. The SMILES string of the molecule is Cc1cc(C(=O)COC(=O)C(C)OCC2CCCO2)c(C)c(C)c1C. The lowest BCUT2D eigenvalue weighted by Gasteiger charge is -2.16. The van der Waals surface area contributed by atoms with Gasteiger partial charge in [-0.2, -0.15) is 0 Å². The molecule has 1 aromatic carbocycles. The number of esters is 1. The van der Waals surface area contributed by atoms with Crippen LogP contribution in [0.4, 0.5) is 0 Å². The van der Waals surface area contributed by atoms with E-state index in [1.807, 2.05) is 33.8 Å². The van der Waals surface area contributed by atoms with Crippen molar-refractivity contribution in [1.82, 2.24) is 0 Å². The van der Waals surface area contributed by atoms with Gasteiger partial charge in [0.05, 0.1) is 12.7 Å². The Morgan fingerprint density at radius 3 is 2.56 bits per heavy atom. The van der Waals surface area contributed by atoms with Crippen molar-refractivity contribution in [2.45, 2.75) is 59.7 Å². The minimum absolute atomic E-state index is 0.0537. The molecule has 2 atom stereocenters. The molecular formula is C20H28O5. The highest BCUT2D eigenvalue weighted by Crippen LogP contribution is 2.21. The van der Waals surface area contributed by atoms with Gasteiger partial charge in [0, 0.05) is 12.2 Å². The Labute approximate surface area is 149 Å². The second kappa shape index (κ2) is 8.59. The number of carbonyl (C=O) groups is 2. The van der Waals surface area contributed by atoms with Gasteiger partial charge < -0.3 is 14.2 Å². The molecule has 0 saturated carbocycles. The van der Waals surface area contributed by atoms with E-state index in [9.17, 15) is 9.59 Å². The number of carbonyl (C=O) groups excluding carboxylic acids is 2. The maximum atomic E-state index is 12.4. The molecular weight excluding hydrogens is 320 g/mol. The Hall–Kier alpha value is -1.72. The van der Waals surface area contributed by atoms with Crippen molar-refractivity contribution >= 4 is 11.8 Å². The third kappa shape index (κ3) is 4.89. The van der Waals surface area contributed by atoms with Gasteiger partial charge in [-0.15, -0.1) is 0 Å². The first-order chi connectivity index (χ1) is 11.8. The van der Waals surface area contributed by atoms with Gasteiger partial charge >= 0.3 is 5.97 Å². The van der Waals surface area contributed by atoms with E-state index in [0.717, 1.165) is 36.1 Å². The third-order valence-corrected chi connectivity index (χ3v) is 5.02. The zero-order chi connectivity index (χ0) is 18.6. The van der Waals surface area contributed by atoms with Crippen molar-refractivity contribution in [2.75, 3.05) is 19.8 Å². The average molecular weight is 348 g/mol. The quantitative estimate of drug-likeness (QED) is 0.559. The number of hydrogen-bond acceptors (Lipinski definition) is 5. The molecule has 25 heavy (non-hydrogen) atoms. The molecule has 1 fully saturated rings. The molecule has 1 aliphatic rings. The molecule has 0 aliphatic carbocycles. The third-order valence-electron chi connectivity index (χ3n) is 5.02. The standard InChI is InChI=1S/C20H28O5/c1-12-9-18(15(4)14(3)13(12)2)19(21)11-25-20(22)16(5)24-10-17-7-6-8-23-17/h9,16-17H,6-8,10-11H2,1-5H3. The Morgan fingerprint density at radius 1 is 1.20 bits per heavy atom. The minimum Gasteiger partial charge on any atom is -0.455 e. The number of Topliss-reactive ketones (excluding diaryl/α,β-unsaturated/α-hetero) is 1. The average Bonchev–Trinajstić information content (AvgIpc) is 3.12. The molecule has 0 spiro atoms. The number of rotatable bonds is 7. The van der Waals surface area contributed by atoms with Crippen LogP contribution in [-0.2, 0) is 19.0 Å². The van der Waals surface area contributed by atoms with Crippen LogP contribution in [0.25, 0.3) is 0 Å². The van der Waals surface area contributed by atoms with E-state index in [1.165, 1.54) is 5.56 Å². The van der Waals surface area contributed by atoms with Crippen LogP contribution in [0.1, 0.15) is 52.4 Å². The predicted octanol–water partition coefficient (Wildman–Crippen LogP) is 3.23. The summed E-state index contributed by atoms with van der Waals surface area (Å²) in [5.74, 6) is -0.715. The van der Waals surface area contributed by atoms with Crippen molar-refractivity contribution in [3.05, 3.63) is 33.9 Å². The number of ketones is 1. The summed E-state index contributed by atoms with van der Waals surface area (Å²) in [6, 6.07) is 1.87. The summed E-state index contributed by atoms with van der Waals surface area (Å²) in [7, 11) is 0. The fourth-order valence-electron chi connectivity index (χ4n) is 2.93. The van der Waals surface area contributed by atoms with Gasteiger partial charge in [-0.1, -0.05) is 0 Å². The van der Waals surface area contributed by atoms with Gasteiger partial charge in [0.25, 0.3) is 0 Å². The molecule has 0 N–H and O–H groups in total. The number of ether oxygens (including phenoxy) is 3. The van der Waals surface area contributed by atoms with E-state index >= 15 is 0 Å². The van der Waals surface area contributed by atoms with Gasteiger partial charge in [0.2, 0.25) is 5.78 Å². The fraction of sp³-hybridized carbons (Fsp3) is 0.600. The maximum Gasteiger partial charge on any atom is 0.335 e. The molecule has 1 aliphatic heterocycles. The largest absolute Gasteiger partial charge is 0.455 e. The smallest absolute Gasteiger partial charge is 0.335 e. The highest BCUT2D eigenvalue weighted by atomic mass is 16.6. The van der Waals surface area contributed by atoms with Crippen LogP contribution in [0, 0.1) is 27.7 Å². The first-order valence-electron chi connectivity index (χ1n) is 8.81. The molecule has 5 heteroatoms. The molecule has 1 heterocycles. The van der Waals surface area contributed by atoms with E-state index in [2.05, 4.69) is 0 Å². The molecule has 2 rings (SSSR count). The van der Waals surface area contributed by atoms with Crippen molar-refractivity contribution in [3.63, 3.8) is 0 Å². The zero-order valence-corrected chi connectivity index (χ0v) is 15.8. The summed E-state index contributed by atoms with van der Waals surface area (Å²) < 4.78 is 16.1. The van der Waals surface area contributed by atoms with Crippen LogP contribution in [0.15, 0.2) is 6.07 Å². The predicted molar refractivity (Wildman–Crippen MR) is 95.1 cm³/mol. The lowest BCUT2D eigenvalue weighted by Crippen LogP contribution is -2.29. The molecule has 0 radical (unpaired) electrons. The van der Waals surface area contributed by atoms with Crippen LogP contribution >= 0.6 is 0 Å². The molecule has 138 valence electrons. The van der Waals surface area contributed by atoms with Crippen LogP contribution in [-0.4, -0.2) is 43.8 Å². The molecule has 0 bridgehead atoms. The summed E-state index contributed by atoms with van der Waals surface area (Å²) in [4.78, 5) is 24.5. The molecule has 1 aromatic rings. The Morgan fingerprint density at radius 2 is 1.92 bits per heavy atom. The van der Waals surface area contributed by atoms with Crippen molar-refractivity contribution in [1.29, 1.82) is 0 Å². The molecule has 0 amide bonds. The fourth-order valence-corrected chi connectivity index (χ4v) is 2.93. The van der Waals surface area contributed by atoms with Crippen molar-refractivity contribution in [2.24, 2.45) is 0 Å². The Kier molecular flexibility index (Phi) is 6.73. The van der Waals surface area contributed by atoms with E-state index in [4.69, 9.17) is 14.2 Å². The van der Waals surface area contributed by atoms with Crippen LogP contribution in [0.5, 0.6) is 0 Å².